The number of benzene rings is 1. The summed E-state index contributed by atoms with van der Waals surface area (Å²) < 4.78 is 37.4. The average Bonchev–Trinajstić information content (AvgIpc) is 2.53. The molecule has 0 aliphatic carbocycles. The molecule has 1 aromatic carbocycles. The Labute approximate surface area is 152 Å². The Hall–Kier alpha value is -0.920. The highest BCUT2D eigenvalue weighted by Gasteiger charge is 2.29. The summed E-state index contributed by atoms with van der Waals surface area (Å²) in [5, 5.41) is 0.636. The maximum Gasteiger partial charge on any atom is 0.442 e. The second-order valence-electron chi connectivity index (χ2n) is 5.01. The smallest absolute Gasteiger partial charge is 0.284 e. The molecule has 130 valence electrons. The van der Waals surface area contributed by atoms with Gasteiger partial charge in [0, 0.05) is 10.8 Å². The van der Waals surface area contributed by atoms with Crippen LogP contribution in [0.5, 0.6) is 0 Å². The van der Waals surface area contributed by atoms with Gasteiger partial charge >= 0.3 is 5.51 Å². The Morgan fingerprint density at radius 2 is 2.17 bits per heavy atom. The number of nitrogens with zero attached hydrogens (tertiary/aromatic N) is 2. The molecule has 0 saturated carbocycles. The number of halogens is 4. The Balaban J connectivity index is 2.20. The predicted molar refractivity (Wildman–Crippen MR) is 99.4 cm³/mol. The molecule has 0 amide bonds. The van der Waals surface area contributed by atoms with Crippen molar-refractivity contribution < 1.29 is 13.2 Å². The van der Waals surface area contributed by atoms with Crippen LogP contribution in [0.3, 0.4) is 0 Å². The van der Waals surface area contributed by atoms with Crippen LogP contribution in [0.1, 0.15) is 18.4 Å². The average molecular weight is 393 g/mol. The van der Waals surface area contributed by atoms with Crippen LogP contribution in [0.2, 0.25) is 5.02 Å². The van der Waals surface area contributed by atoms with Crippen LogP contribution in [0, 0.1) is 0 Å². The molecule has 2 nitrogen and oxygen atoms in total. The van der Waals surface area contributed by atoms with Crippen molar-refractivity contribution in [3.05, 3.63) is 45.5 Å². The highest BCUT2D eigenvalue weighted by Crippen LogP contribution is 2.36. The molecular weight excluding hydrogens is 377 g/mol. The predicted octanol–water partition coefficient (Wildman–Crippen LogP) is 5.97. The molecule has 0 aromatic heterocycles. The van der Waals surface area contributed by atoms with Crippen molar-refractivity contribution in [3.63, 3.8) is 0 Å². The molecule has 0 spiro atoms. The Morgan fingerprint density at radius 3 is 2.83 bits per heavy atom. The lowest BCUT2D eigenvalue weighted by Crippen LogP contribution is -2.12. The fourth-order valence-corrected chi connectivity index (χ4v) is 4.14. The largest absolute Gasteiger partial charge is 0.442 e. The van der Waals surface area contributed by atoms with E-state index in [9.17, 15) is 13.2 Å². The molecule has 1 aliphatic rings. The zero-order chi connectivity index (χ0) is 17.6. The minimum atomic E-state index is -4.28. The van der Waals surface area contributed by atoms with Crippen molar-refractivity contribution in [2.75, 3.05) is 11.5 Å². The molecule has 0 unspecified atom stereocenters. The van der Waals surface area contributed by atoms with Crippen molar-refractivity contribution in [2.24, 2.45) is 9.98 Å². The van der Waals surface area contributed by atoms with Crippen molar-refractivity contribution >= 4 is 47.6 Å². The van der Waals surface area contributed by atoms with Gasteiger partial charge in [-0.25, -0.2) is 0 Å². The van der Waals surface area contributed by atoms with E-state index >= 15 is 0 Å². The first-order valence-electron chi connectivity index (χ1n) is 7.20. The van der Waals surface area contributed by atoms with Gasteiger partial charge in [0.25, 0.3) is 0 Å². The second-order valence-corrected chi connectivity index (χ2v) is 7.60. The summed E-state index contributed by atoms with van der Waals surface area (Å²) in [6, 6.07) is 7.38. The van der Waals surface area contributed by atoms with Gasteiger partial charge in [-0.1, -0.05) is 23.7 Å². The maximum absolute atomic E-state index is 12.5. The molecule has 24 heavy (non-hydrogen) atoms. The monoisotopic (exact) mass is 392 g/mol. The Kier molecular flexibility index (Phi) is 7.25. The lowest BCUT2D eigenvalue weighted by atomic mass is 10.1. The van der Waals surface area contributed by atoms with Gasteiger partial charge in [0.05, 0.1) is 22.9 Å². The van der Waals surface area contributed by atoms with E-state index in [1.807, 2.05) is 18.2 Å². The van der Waals surface area contributed by atoms with Gasteiger partial charge < -0.3 is 0 Å². The van der Waals surface area contributed by atoms with E-state index in [0.717, 1.165) is 34.8 Å². The normalized spacial score (nSPS) is 19.4. The number of allylic oxidation sites excluding steroid dienone is 1. The van der Waals surface area contributed by atoms with Crippen molar-refractivity contribution in [1.29, 1.82) is 0 Å². The van der Waals surface area contributed by atoms with Gasteiger partial charge in [-0.05, 0) is 54.8 Å². The van der Waals surface area contributed by atoms with E-state index in [-0.39, 0.29) is 17.5 Å². The standard InChI is InChI=1S/C16H16ClF3N2S2/c1-21-14(10-24-16(18,19)20)15-13(6-3-7-23-15)22-9-11-4-2-5-12(17)8-11/h2,4-5,8H,1,3,6-7,9-10H2/b15-14+,22-13?. The fourth-order valence-electron chi connectivity index (χ4n) is 2.17. The molecule has 0 bridgehead atoms. The van der Waals surface area contributed by atoms with Gasteiger partial charge in [0.1, 0.15) is 0 Å². The SMILES string of the molecule is C=N/C(CSC(F)(F)F)=C1/SCCCC1=NCc1cccc(Cl)c1. The van der Waals surface area contributed by atoms with E-state index in [1.165, 1.54) is 11.8 Å². The Morgan fingerprint density at radius 1 is 1.38 bits per heavy atom. The molecule has 1 heterocycles. The van der Waals surface area contributed by atoms with E-state index in [1.54, 1.807) is 6.07 Å². The van der Waals surface area contributed by atoms with Crippen molar-refractivity contribution in [3.8, 4) is 0 Å². The second kappa shape index (κ2) is 8.97. The number of alkyl halides is 3. The minimum Gasteiger partial charge on any atom is -0.284 e. The number of aliphatic imine (C=N–C) groups is 2. The van der Waals surface area contributed by atoms with Crippen molar-refractivity contribution in [2.45, 2.75) is 24.9 Å². The minimum absolute atomic E-state index is 0.0990. The fraction of sp³-hybridized carbons (Fsp3) is 0.375. The zero-order valence-corrected chi connectivity index (χ0v) is 15.2. The summed E-state index contributed by atoms with van der Waals surface area (Å²) in [5.74, 6) is 0.604. The molecule has 2 rings (SSSR count). The quantitative estimate of drug-likeness (QED) is 0.576. The number of hydrogen-bond acceptors (Lipinski definition) is 4. The lowest BCUT2D eigenvalue weighted by Gasteiger charge is -2.19. The summed E-state index contributed by atoms with van der Waals surface area (Å²) in [7, 11) is 0. The van der Waals surface area contributed by atoms with Crippen LogP contribution in [-0.4, -0.2) is 29.4 Å². The first-order valence-corrected chi connectivity index (χ1v) is 9.55. The number of thioether (sulfide) groups is 2. The van der Waals surface area contributed by atoms with E-state index in [4.69, 9.17) is 11.6 Å². The van der Waals surface area contributed by atoms with Crippen molar-refractivity contribution in [1.82, 2.24) is 0 Å². The van der Waals surface area contributed by atoms with Crippen LogP contribution in [0.4, 0.5) is 13.2 Å². The third-order valence-electron chi connectivity index (χ3n) is 3.23. The van der Waals surface area contributed by atoms with Gasteiger partial charge in [0.2, 0.25) is 0 Å². The first-order chi connectivity index (χ1) is 11.4. The summed E-state index contributed by atoms with van der Waals surface area (Å²) in [6.07, 6.45) is 1.68. The maximum atomic E-state index is 12.5. The van der Waals surface area contributed by atoms with Crippen LogP contribution < -0.4 is 0 Å². The highest BCUT2D eigenvalue weighted by molar-refractivity contribution is 8.04. The molecule has 0 atom stereocenters. The highest BCUT2D eigenvalue weighted by atomic mass is 35.5. The van der Waals surface area contributed by atoms with E-state index < -0.39 is 5.51 Å². The van der Waals surface area contributed by atoms with Crippen LogP contribution in [0.15, 0.2) is 44.9 Å². The van der Waals surface area contributed by atoms with Gasteiger partial charge in [0.15, 0.2) is 0 Å². The molecule has 1 aliphatic heterocycles. The molecule has 8 heteroatoms. The van der Waals surface area contributed by atoms with Crippen LogP contribution in [0.25, 0.3) is 0 Å². The molecule has 1 saturated heterocycles. The number of hydrogen-bond donors (Lipinski definition) is 0. The van der Waals surface area contributed by atoms with Gasteiger partial charge in [-0.15, -0.1) is 11.8 Å². The van der Waals surface area contributed by atoms with Gasteiger partial charge in [-0.2, -0.15) is 13.2 Å². The number of rotatable bonds is 5. The first kappa shape index (κ1) is 19.4. The van der Waals surface area contributed by atoms with E-state index in [2.05, 4.69) is 16.7 Å². The molecular formula is C16H16ClF3N2S2. The van der Waals surface area contributed by atoms with Crippen LogP contribution >= 0.6 is 35.1 Å². The van der Waals surface area contributed by atoms with Crippen LogP contribution in [-0.2, 0) is 6.54 Å². The molecule has 1 aromatic rings. The molecule has 1 fully saturated rings. The zero-order valence-electron chi connectivity index (χ0n) is 12.8. The third kappa shape index (κ3) is 6.18. The topological polar surface area (TPSA) is 24.7 Å². The third-order valence-corrected chi connectivity index (χ3v) is 5.47. The summed E-state index contributed by atoms with van der Waals surface area (Å²) >= 11 is 7.36. The Bertz CT molecular complexity index is 657. The van der Waals surface area contributed by atoms with E-state index in [0.29, 0.717) is 17.3 Å². The summed E-state index contributed by atoms with van der Waals surface area (Å²) in [6.45, 7) is 3.87. The lowest BCUT2D eigenvalue weighted by molar-refractivity contribution is -0.0326. The summed E-state index contributed by atoms with van der Waals surface area (Å²) in [4.78, 5) is 9.14. The van der Waals surface area contributed by atoms with Gasteiger partial charge in [-0.3, -0.25) is 9.98 Å². The molecule has 0 N–H and O–H groups in total. The summed E-state index contributed by atoms with van der Waals surface area (Å²) in [5.41, 5.74) is -2.17. The molecule has 0 radical (unpaired) electrons.